The standard InChI is InChI=1S/C31H29I2N5O9/c1-4-45-30(40)27-17(2)35-31(41)36-28(27)20-8-9-24(25(13-20)44-3)46-16-26(39)37-34-14-19-11-22(32)29(23(33)12-19)47-15-18-6-5-7-21(10-18)38(42)43/h5-14,28H,4,15-16H2,1-3H3,(H,37,39)(H2,35,36,41)/b34-14-/t28-/m0/s1. The number of ether oxygens (including phenoxy) is 4. The third kappa shape index (κ3) is 9.31. The lowest BCUT2D eigenvalue weighted by atomic mass is 9.95. The van der Waals surface area contributed by atoms with Gasteiger partial charge in [0.15, 0.2) is 18.1 Å². The summed E-state index contributed by atoms with van der Waals surface area (Å²) in [7, 11) is 1.43. The number of urea groups is 1. The molecule has 0 unspecified atom stereocenters. The number of benzene rings is 3. The summed E-state index contributed by atoms with van der Waals surface area (Å²) in [6.45, 7) is 3.26. The molecule has 16 heteroatoms. The lowest BCUT2D eigenvalue weighted by Crippen LogP contribution is -2.45. The molecule has 0 saturated heterocycles. The van der Waals surface area contributed by atoms with Crippen molar-refractivity contribution in [3.8, 4) is 17.2 Å². The minimum absolute atomic E-state index is 0.00547. The molecular formula is C31H29I2N5O9. The summed E-state index contributed by atoms with van der Waals surface area (Å²) in [6, 6.07) is 13.5. The third-order valence-corrected chi connectivity index (χ3v) is 8.17. The molecule has 0 saturated carbocycles. The van der Waals surface area contributed by atoms with Gasteiger partial charge in [-0.15, -0.1) is 0 Å². The average Bonchev–Trinajstić information content (AvgIpc) is 3.03. The van der Waals surface area contributed by atoms with Crippen LogP contribution >= 0.6 is 45.2 Å². The molecule has 3 aromatic carbocycles. The molecule has 0 radical (unpaired) electrons. The lowest BCUT2D eigenvalue weighted by Gasteiger charge is -2.28. The van der Waals surface area contributed by atoms with Gasteiger partial charge in [-0.1, -0.05) is 18.2 Å². The summed E-state index contributed by atoms with van der Waals surface area (Å²) in [4.78, 5) is 47.8. The zero-order chi connectivity index (χ0) is 34.1. The SMILES string of the molecule is CCOC(=O)C1=C(C)NC(=O)N[C@H]1c1ccc(OCC(=O)N/N=C\c2cc(I)c(OCc3cccc([N+](=O)[O-])c3)c(I)c2)c(OC)c1. The predicted molar refractivity (Wildman–Crippen MR) is 187 cm³/mol. The van der Waals surface area contributed by atoms with E-state index in [4.69, 9.17) is 18.9 Å². The predicted octanol–water partition coefficient (Wildman–Crippen LogP) is 5.11. The number of allylic oxidation sites excluding steroid dienone is 1. The molecule has 0 aliphatic carbocycles. The van der Waals surface area contributed by atoms with E-state index in [-0.39, 0.29) is 42.6 Å². The first-order valence-electron chi connectivity index (χ1n) is 13.9. The number of hydrogen-bond acceptors (Lipinski definition) is 10. The fraction of sp³-hybridized carbons (Fsp3) is 0.226. The minimum atomic E-state index is -0.789. The monoisotopic (exact) mass is 869 g/mol. The summed E-state index contributed by atoms with van der Waals surface area (Å²) in [5.41, 5.74) is 4.96. The van der Waals surface area contributed by atoms with Crippen LogP contribution in [0, 0.1) is 17.3 Å². The van der Waals surface area contributed by atoms with Crippen molar-refractivity contribution in [3.63, 3.8) is 0 Å². The van der Waals surface area contributed by atoms with Crippen LogP contribution in [0.1, 0.15) is 36.6 Å². The molecule has 0 fully saturated rings. The zero-order valence-corrected chi connectivity index (χ0v) is 29.6. The summed E-state index contributed by atoms with van der Waals surface area (Å²) in [6.07, 6.45) is 1.48. The number of halogens is 2. The second-order valence-corrected chi connectivity index (χ2v) is 12.1. The fourth-order valence-corrected chi connectivity index (χ4v) is 6.60. The summed E-state index contributed by atoms with van der Waals surface area (Å²) < 4.78 is 23.8. The summed E-state index contributed by atoms with van der Waals surface area (Å²) >= 11 is 4.24. The maximum atomic E-state index is 12.6. The number of esters is 1. The van der Waals surface area contributed by atoms with Crippen LogP contribution in [0.15, 0.2) is 71.0 Å². The van der Waals surface area contributed by atoms with Gasteiger partial charge in [0, 0.05) is 17.8 Å². The van der Waals surface area contributed by atoms with Gasteiger partial charge < -0.3 is 29.6 Å². The van der Waals surface area contributed by atoms with Crippen molar-refractivity contribution in [3.05, 3.63) is 99.8 Å². The quantitative estimate of drug-likeness (QED) is 0.0692. The van der Waals surface area contributed by atoms with Crippen LogP contribution in [0.25, 0.3) is 0 Å². The topological polar surface area (TPSA) is 180 Å². The maximum Gasteiger partial charge on any atom is 0.338 e. The largest absolute Gasteiger partial charge is 0.493 e. The first-order chi connectivity index (χ1) is 22.5. The van der Waals surface area contributed by atoms with E-state index in [1.807, 2.05) is 12.1 Å². The summed E-state index contributed by atoms with van der Waals surface area (Å²) in [5, 5.41) is 20.4. The Bertz CT molecular complexity index is 1740. The molecule has 47 heavy (non-hydrogen) atoms. The molecule has 1 aliphatic rings. The van der Waals surface area contributed by atoms with Crippen molar-refractivity contribution in [2.75, 3.05) is 20.3 Å². The average molecular weight is 869 g/mol. The van der Waals surface area contributed by atoms with E-state index in [0.717, 1.165) is 7.14 Å². The van der Waals surface area contributed by atoms with Crippen molar-refractivity contribution in [2.45, 2.75) is 26.5 Å². The van der Waals surface area contributed by atoms with Gasteiger partial charge in [-0.25, -0.2) is 15.0 Å². The number of nitro groups is 1. The van der Waals surface area contributed by atoms with Gasteiger partial charge in [0.2, 0.25) is 0 Å². The van der Waals surface area contributed by atoms with Gasteiger partial charge in [-0.3, -0.25) is 14.9 Å². The van der Waals surface area contributed by atoms with E-state index in [9.17, 15) is 24.5 Å². The molecule has 3 amide bonds. The highest BCUT2D eigenvalue weighted by molar-refractivity contribution is 14.1. The Hall–Kier alpha value is -4.46. The first kappa shape index (κ1) is 35.4. The molecule has 1 aliphatic heterocycles. The Morgan fingerprint density at radius 3 is 2.51 bits per heavy atom. The normalized spacial score (nSPS) is 14.2. The van der Waals surface area contributed by atoms with E-state index in [2.05, 4.69) is 66.3 Å². The molecule has 0 aromatic heterocycles. The van der Waals surface area contributed by atoms with Gasteiger partial charge in [0.1, 0.15) is 12.4 Å². The van der Waals surface area contributed by atoms with Crippen LogP contribution in [-0.2, 0) is 20.9 Å². The van der Waals surface area contributed by atoms with Gasteiger partial charge in [0.25, 0.3) is 11.6 Å². The lowest BCUT2D eigenvalue weighted by molar-refractivity contribution is -0.384. The third-order valence-electron chi connectivity index (χ3n) is 6.57. The van der Waals surface area contributed by atoms with Gasteiger partial charge in [-0.2, -0.15) is 5.10 Å². The number of nitro benzene ring substituents is 1. The number of rotatable bonds is 13. The number of carbonyl (C=O) groups excluding carboxylic acids is 3. The molecule has 1 atom stereocenters. The number of nitrogens with zero attached hydrogens (tertiary/aromatic N) is 2. The van der Waals surface area contributed by atoms with E-state index >= 15 is 0 Å². The number of hydrazone groups is 1. The van der Waals surface area contributed by atoms with Crippen molar-refractivity contribution in [2.24, 2.45) is 5.10 Å². The maximum absolute atomic E-state index is 12.6. The molecule has 3 aromatic rings. The molecule has 1 heterocycles. The highest BCUT2D eigenvalue weighted by Crippen LogP contribution is 2.35. The van der Waals surface area contributed by atoms with Crippen LogP contribution < -0.4 is 30.3 Å². The highest BCUT2D eigenvalue weighted by atomic mass is 127. The molecule has 0 spiro atoms. The Labute approximate surface area is 296 Å². The molecular weight excluding hydrogens is 840 g/mol. The van der Waals surface area contributed by atoms with Crippen molar-refractivity contribution >= 4 is 75.0 Å². The minimum Gasteiger partial charge on any atom is -0.493 e. The van der Waals surface area contributed by atoms with Crippen LogP contribution in [-0.4, -0.2) is 49.4 Å². The number of amides is 3. The Morgan fingerprint density at radius 2 is 1.83 bits per heavy atom. The van der Waals surface area contributed by atoms with Gasteiger partial charge in [0.05, 0.1) is 43.6 Å². The second-order valence-electron chi connectivity index (χ2n) is 9.81. The Kier molecular flexibility index (Phi) is 12.3. The molecule has 0 bridgehead atoms. The summed E-state index contributed by atoms with van der Waals surface area (Å²) in [5.74, 6) is 0.0783. The molecule has 14 nitrogen and oxygen atoms in total. The zero-order valence-electron chi connectivity index (χ0n) is 25.3. The number of non-ortho nitro benzene ring substituents is 1. The van der Waals surface area contributed by atoms with Crippen molar-refractivity contribution in [1.29, 1.82) is 0 Å². The van der Waals surface area contributed by atoms with Crippen LogP contribution in [0.4, 0.5) is 10.5 Å². The highest BCUT2D eigenvalue weighted by Gasteiger charge is 2.32. The number of carbonyl (C=O) groups is 3. The second kappa shape index (κ2) is 16.4. The van der Waals surface area contributed by atoms with E-state index in [0.29, 0.717) is 28.1 Å². The number of methoxy groups -OCH3 is 1. The van der Waals surface area contributed by atoms with Crippen molar-refractivity contribution in [1.82, 2.24) is 16.1 Å². The van der Waals surface area contributed by atoms with Crippen LogP contribution in [0.5, 0.6) is 17.2 Å². The van der Waals surface area contributed by atoms with E-state index in [1.54, 1.807) is 44.2 Å². The Balaban J connectivity index is 1.35. The number of hydrogen-bond donors (Lipinski definition) is 3. The molecule has 3 N–H and O–H groups in total. The van der Waals surface area contributed by atoms with Crippen LogP contribution in [0.2, 0.25) is 0 Å². The molecule has 4 rings (SSSR count). The Morgan fingerprint density at radius 1 is 1.09 bits per heavy atom. The van der Waals surface area contributed by atoms with Gasteiger partial charge in [-0.05, 0) is 100.0 Å². The van der Waals surface area contributed by atoms with Gasteiger partial charge >= 0.3 is 12.0 Å². The smallest absolute Gasteiger partial charge is 0.338 e. The van der Waals surface area contributed by atoms with E-state index < -0.39 is 28.9 Å². The fourth-order valence-electron chi connectivity index (χ4n) is 4.47. The van der Waals surface area contributed by atoms with E-state index in [1.165, 1.54) is 25.5 Å². The number of nitrogens with one attached hydrogen (secondary N) is 3. The van der Waals surface area contributed by atoms with Crippen LogP contribution in [0.3, 0.4) is 0 Å². The van der Waals surface area contributed by atoms with Crippen molar-refractivity contribution < 1.29 is 38.3 Å². The first-order valence-corrected chi connectivity index (χ1v) is 16.1. The molecule has 246 valence electrons.